The van der Waals surface area contributed by atoms with E-state index in [0.717, 1.165) is 18.4 Å². The molecule has 1 saturated carbocycles. The van der Waals surface area contributed by atoms with Gasteiger partial charge in [-0.3, -0.25) is 9.59 Å². The van der Waals surface area contributed by atoms with Crippen LogP contribution in [0.1, 0.15) is 38.0 Å². The fourth-order valence-corrected chi connectivity index (χ4v) is 4.00. The van der Waals surface area contributed by atoms with Gasteiger partial charge in [-0.15, -0.1) is 0 Å². The van der Waals surface area contributed by atoms with Crippen LogP contribution in [-0.2, 0) is 16.0 Å². The normalized spacial score (nSPS) is 20.7. The second kappa shape index (κ2) is 7.90. The van der Waals surface area contributed by atoms with Crippen molar-refractivity contribution in [3.05, 3.63) is 36.2 Å². The molecule has 1 aliphatic carbocycles. The van der Waals surface area contributed by atoms with Crippen molar-refractivity contribution in [1.82, 2.24) is 20.4 Å². The van der Waals surface area contributed by atoms with Gasteiger partial charge in [-0.2, -0.15) is 4.98 Å². The van der Waals surface area contributed by atoms with Crippen LogP contribution >= 0.6 is 0 Å². The first-order valence-corrected chi connectivity index (χ1v) is 9.66. The molecule has 1 N–H and O–H groups in total. The smallest absolute Gasteiger partial charge is 0.243 e. The monoisotopic (exact) mass is 368 g/mol. The average Bonchev–Trinajstić information content (AvgIpc) is 3.36. The molecule has 2 amide bonds. The molecule has 0 spiro atoms. The Hall–Kier alpha value is -2.70. The van der Waals surface area contributed by atoms with E-state index in [9.17, 15) is 9.59 Å². The molecule has 1 aliphatic heterocycles. The van der Waals surface area contributed by atoms with E-state index in [-0.39, 0.29) is 18.2 Å². The summed E-state index contributed by atoms with van der Waals surface area (Å²) in [4.78, 5) is 31.3. The van der Waals surface area contributed by atoms with Gasteiger partial charge < -0.3 is 14.7 Å². The van der Waals surface area contributed by atoms with Crippen molar-refractivity contribution >= 4 is 11.8 Å². The number of hydrogen-bond donors (Lipinski definition) is 1. The van der Waals surface area contributed by atoms with Gasteiger partial charge in [0.25, 0.3) is 0 Å². The Morgan fingerprint density at radius 2 is 2.00 bits per heavy atom. The summed E-state index contributed by atoms with van der Waals surface area (Å²) in [5, 5.41) is 6.86. The number of nitrogens with one attached hydrogen (secondary N) is 1. The highest BCUT2D eigenvalue weighted by molar-refractivity contribution is 5.89. The zero-order valence-corrected chi connectivity index (χ0v) is 15.3. The molecule has 1 unspecified atom stereocenters. The van der Waals surface area contributed by atoms with Gasteiger partial charge in [0.15, 0.2) is 0 Å². The van der Waals surface area contributed by atoms with E-state index in [1.54, 1.807) is 4.90 Å². The summed E-state index contributed by atoms with van der Waals surface area (Å²) in [6.45, 7) is 1.02. The molecule has 7 nitrogen and oxygen atoms in total. The Morgan fingerprint density at radius 1 is 1.22 bits per heavy atom. The lowest BCUT2D eigenvalue weighted by atomic mass is 10.0. The predicted molar refractivity (Wildman–Crippen MR) is 98.5 cm³/mol. The van der Waals surface area contributed by atoms with Gasteiger partial charge in [0.2, 0.25) is 23.5 Å². The second-order valence-electron chi connectivity index (χ2n) is 7.33. The van der Waals surface area contributed by atoms with Gasteiger partial charge in [-0.25, -0.2) is 0 Å². The van der Waals surface area contributed by atoms with E-state index in [1.165, 1.54) is 12.8 Å². The number of hydrogen-bond acceptors (Lipinski definition) is 5. The maximum absolute atomic E-state index is 12.8. The predicted octanol–water partition coefficient (Wildman–Crippen LogP) is 2.19. The van der Waals surface area contributed by atoms with Crippen LogP contribution in [-0.4, -0.2) is 46.0 Å². The summed E-state index contributed by atoms with van der Waals surface area (Å²) in [5.41, 5.74) is 0.856. The minimum absolute atomic E-state index is 0.0598. The molecule has 1 atom stereocenters. The van der Waals surface area contributed by atoms with Crippen molar-refractivity contribution in [3.63, 3.8) is 0 Å². The molecule has 2 fully saturated rings. The van der Waals surface area contributed by atoms with Gasteiger partial charge in [0, 0.05) is 25.1 Å². The van der Waals surface area contributed by atoms with Crippen LogP contribution in [0, 0.1) is 5.92 Å². The molecule has 27 heavy (non-hydrogen) atoms. The Morgan fingerprint density at radius 3 is 2.78 bits per heavy atom. The highest BCUT2D eigenvalue weighted by Gasteiger charge is 2.35. The van der Waals surface area contributed by atoms with Crippen molar-refractivity contribution in [2.75, 3.05) is 13.1 Å². The van der Waals surface area contributed by atoms with Crippen molar-refractivity contribution < 1.29 is 14.1 Å². The van der Waals surface area contributed by atoms with E-state index in [2.05, 4.69) is 15.5 Å². The number of nitrogens with zero attached hydrogens (tertiary/aromatic N) is 3. The van der Waals surface area contributed by atoms with Crippen LogP contribution in [0.2, 0.25) is 0 Å². The first-order valence-electron chi connectivity index (χ1n) is 9.66. The summed E-state index contributed by atoms with van der Waals surface area (Å²) in [7, 11) is 0. The fourth-order valence-electron chi connectivity index (χ4n) is 4.00. The molecule has 142 valence electrons. The quantitative estimate of drug-likeness (QED) is 0.874. The van der Waals surface area contributed by atoms with Crippen molar-refractivity contribution in [2.24, 2.45) is 5.92 Å². The Kier molecular flexibility index (Phi) is 5.18. The third kappa shape index (κ3) is 4.02. The highest BCUT2D eigenvalue weighted by Crippen LogP contribution is 2.28. The third-order valence-electron chi connectivity index (χ3n) is 5.46. The summed E-state index contributed by atoms with van der Waals surface area (Å²) < 4.78 is 5.35. The van der Waals surface area contributed by atoms with Crippen LogP contribution in [0.3, 0.4) is 0 Å². The Labute approximate surface area is 158 Å². The lowest BCUT2D eigenvalue weighted by molar-refractivity contribution is -0.144. The van der Waals surface area contributed by atoms with E-state index in [4.69, 9.17) is 4.52 Å². The molecule has 2 heterocycles. The van der Waals surface area contributed by atoms with Crippen LogP contribution in [0.5, 0.6) is 0 Å². The molecule has 2 aromatic rings. The molecule has 1 saturated heterocycles. The average molecular weight is 368 g/mol. The maximum Gasteiger partial charge on any atom is 0.243 e. The van der Waals surface area contributed by atoms with Crippen LogP contribution in [0.15, 0.2) is 34.9 Å². The number of rotatable bonds is 5. The number of carbonyl (C=O) groups is 2. The molecule has 0 bridgehead atoms. The van der Waals surface area contributed by atoms with Crippen molar-refractivity contribution in [1.29, 1.82) is 0 Å². The first-order chi connectivity index (χ1) is 13.2. The van der Waals surface area contributed by atoms with Crippen molar-refractivity contribution in [3.8, 4) is 11.4 Å². The summed E-state index contributed by atoms with van der Waals surface area (Å²) in [6, 6.07) is 8.95. The van der Waals surface area contributed by atoms with Crippen LogP contribution in [0.25, 0.3) is 11.4 Å². The zero-order valence-electron chi connectivity index (χ0n) is 15.3. The standard InChI is InChI=1S/C20H24N4O3/c25-18(12-14-6-4-5-7-14)24-11-10-21-20(26)16(24)13-17-22-19(23-27-17)15-8-2-1-3-9-15/h1-3,8-9,14,16H,4-7,10-13H2,(H,21,26). The highest BCUT2D eigenvalue weighted by atomic mass is 16.5. The largest absolute Gasteiger partial charge is 0.353 e. The minimum atomic E-state index is -0.586. The second-order valence-corrected chi connectivity index (χ2v) is 7.33. The number of aromatic nitrogens is 2. The maximum atomic E-state index is 12.8. The van der Waals surface area contributed by atoms with Crippen molar-refractivity contribution in [2.45, 2.75) is 44.6 Å². The molecular formula is C20H24N4O3. The SMILES string of the molecule is O=C1NCCN(C(=O)CC2CCCC2)C1Cc1nc(-c2ccccc2)no1. The van der Waals surface area contributed by atoms with Gasteiger partial charge >= 0.3 is 0 Å². The van der Waals surface area contributed by atoms with Crippen LogP contribution < -0.4 is 5.32 Å². The zero-order chi connectivity index (χ0) is 18.6. The summed E-state index contributed by atoms with van der Waals surface area (Å²) >= 11 is 0. The number of benzene rings is 1. The van der Waals surface area contributed by atoms with E-state index in [1.807, 2.05) is 30.3 Å². The van der Waals surface area contributed by atoms with Crippen LogP contribution in [0.4, 0.5) is 0 Å². The Balaban J connectivity index is 1.47. The van der Waals surface area contributed by atoms with Gasteiger partial charge in [-0.1, -0.05) is 48.3 Å². The lowest BCUT2D eigenvalue weighted by Crippen LogP contribution is -2.58. The lowest BCUT2D eigenvalue weighted by Gasteiger charge is -2.35. The molecular weight excluding hydrogens is 344 g/mol. The van der Waals surface area contributed by atoms with Gasteiger partial charge in [-0.05, 0) is 18.8 Å². The Bertz CT molecular complexity index is 799. The third-order valence-corrected chi connectivity index (χ3v) is 5.46. The van der Waals surface area contributed by atoms with Gasteiger partial charge in [0.1, 0.15) is 6.04 Å². The van der Waals surface area contributed by atoms with E-state index in [0.29, 0.717) is 37.1 Å². The van der Waals surface area contributed by atoms with E-state index < -0.39 is 6.04 Å². The molecule has 2 aliphatic rings. The minimum Gasteiger partial charge on any atom is -0.353 e. The summed E-state index contributed by atoms with van der Waals surface area (Å²) in [6.07, 6.45) is 5.39. The number of piperazine rings is 1. The fraction of sp³-hybridized carbons (Fsp3) is 0.500. The number of amides is 2. The van der Waals surface area contributed by atoms with E-state index >= 15 is 0 Å². The summed E-state index contributed by atoms with van der Waals surface area (Å²) in [5.74, 6) is 1.22. The molecule has 1 aromatic carbocycles. The molecule has 0 radical (unpaired) electrons. The molecule has 4 rings (SSSR count). The molecule has 1 aromatic heterocycles. The topological polar surface area (TPSA) is 88.3 Å². The first kappa shape index (κ1) is 17.7. The number of carbonyl (C=O) groups excluding carboxylic acids is 2. The molecule has 7 heteroatoms. The van der Waals surface area contributed by atoms with Gasteiger partial charge in [0.05, 0.1) is 6.42 Å².